The molecule has 2 N–H and O–H groups in total. The molecule has 0 aliphatic heterocycles. The molecule has 0 radical (unpaired) electrons. The summed E-state index contributed by atoms with van der Waals surface area (Å²) >= 11 is 12.4. The van der Waals surface area contributed by atoms with Crippen LogP contribution in [-0.4, -0.2) is 31.9 Å². The van der Waals surface area contributed by atoms with Gasteiger partial charge in [0.15, 0.2) is 9.75 Å². The van der Waals surface area contributed by atoms with Gasteiger partial charge >= 0.3 is 11.9 Å². The number of alkyl halides is 2. The summed E-state index contributed by atoms with van der Waals surface area (Å²) in [5, 5.41) is 18.9. The van der Waals surface area contributed by atoms with Gasteiger partial charge in [-0.15, -0.1) is 23.2 Å². The molecule has 4 nitrogen and oxygen atoms in total. The first kappa shape index (κ1) is 17.5. The summed E-state index contributed by atoms with van der Waals surface area (Å²) in [6, 6.07) is 0. The summed E-state index contributed by atoms with van der Waals surface area (Å²) in [7, 11) is 0. The van der Waals surface area contributed by atoms with Crippen LogP contribution in [0.25, 0.3) is 0 Å². The van der Waals surface area contributed by atoms with Gasteiger partial charge in [0, 0.05) is 0 Å². The van der Waals surface area contributed by atoms with E-state index in [1.54, 1.807) is 41.5 Å². The fourth-order valence-corrected chi connectivity index (χ4v) is 2.70. The molecule has 18 heavy (non-hydrogen) atoms. The standard InChI is InChI=1S/C12H20Cl2O4/c1-9(2,3)11(13,7(15)16)12(14,8(17)18)10(4,5)6/h1-6H3,(H,15,16)(H,17,18). The lowest BCUT2D eigenvalue weighted by atomic mass is 9.62. The van der Waals surface area contributed by atoms with Gasteiger partial charge in [-0.05, 0) is 10.8 Å². The summed E-state index contributed by atoms with van der Waals surface area (Å²) in [6.45, 7) is 9.33. The molecule has 0 bridgehead atoms. The van der Waals surface area contributed by atoms with Crippen molar-refractivity contribution in [3.8, 4) is 0 Å². The van der Waals surface area contributed by atoms with Gasteiger partial charge < -0.3 is 10.2 Å². The van der Waals surface area contributed by atoms with E-state index in [9.17, 15) is 19.8 Å². The second-order valence-electron chi connectivity index (χ2n) is 6.43. The molecular formula is C12H20Cl2O4. The maximum absolute atomic E-state index is 11.6. The maximum Gasteiger partial charge on any atom is 0.327 e. The van der Waals surface area contributed by atoms with Crippen molar-refractivity contribution < 1.29 is 19.8 Å². The molecule has 0 saturated heterocycles. The minimum absolute atomic E-state index is 1.05. The average Bonchev–Trinajstić information content (AvgIpc) is 2.10. The van der Waals surface area contributed by atoms with Crippen molar-refractivity contribution in [3.63, 3.8) is 0 Å². The number of hydrogen-bond acceptors (Lipinski definition) is 2. The van der Waals surface area contributed by atoms with Crippen LogP contribution in [0.1, 0.15) is 41.5 Å². The van der Waals surface area contributed by atoms with E-state index in [1.807, 2.05) is 0 Å². The van der Waals surface area contributed by atoms with Crippen LogP contribution in [0.3, 0.4) is 0 Å². The van der Waals surface area contributed by atoms with Crippen molar-refractivity contribution in [3.05, 3.63) is 0 Å². The van der Waals surface area contributed by atoms with Crippen molar-refractivity contribution in [1.82, 2.24) is 0 Å². The van der Waals surface area contributed by atoms with E-state index >= 15 is 0 Å². The Hall–Kier alpha value is -0.480. The van der Waals surface area contributed by atoms with E-state index in [2.05, 4.69) is 0 Å². The van der Waals surface area contributed by atoms with Crippen molar-refractivity contribution in [2.24, 2.45) is 10.8 Å². The molecule has 2 atom stereocenters. The van der Waals surface area contributed by atoms with Crippen LogP contribution in [0, 0.1) is 10.8 Å². The fraction of sp³-hybridized carbons (Fsp3) is 0.833. The molecule has 0 amide bonds. The SMILES string of the molecule is CC(C)(C)C(Cl)(C(=O)O)C(Cl)(C(=O)O)C(C)(C)C. The van der Waals surface area contributed by atoms with Crippen LogP contribution >= 0.6 is 23.2 Å². The molecular weight excluding hydrogens is 279 g/mol. The minimum Gasteiger partial charge on any atom is -0.480 e. The van der Waals surface area contributed by atoms with Crippen LogP contribution in [0.2, 0.25) is 0 Å². The highest BCUT2D eigenvalue weighted by Gasteiger charge is 2.70. The highest BCUT2D eigenvalue weighted by molar-refractivity contribution is 6.48. The number of hydrogen-bond donors (Lipinski definition) is 2. The first-order valence-corrected chi connectivity index (χ1v) is 6.24. The fourth-order valence-electron chi connectivity index (χ4n) is 1.97. The molecule has 0 aromatic heterocycles. The number of rotatable bonds is 3. The predicted molar refractivity (Wildman–Crippen MR) is 71.3 cm³/mol. The summed E-state index contributed by atoms with van der Waals surface area (Å²) in [4.78, 5) is 18.9. The van der Waals surface area contributed by atoms with Gasteiger partial charge in [0.2, 0.25) is 0 Å². The second-order valence-corrected chi connectivity index (χ2v) is 7.56. The minimum atomic E-state index is -2.15. The van der Waals surface area contributed by atoms with Crippen LogP contribution in [0.4, 0.5) is 0 Å². The summed E-state index contributed by atoms with van der Waals surface area (Å²) in [6.07, 6.45) is 0. The predicted octanol–water partition coefficient (Wildman–Crippen LogP) is 3.20. The van der Waals surface area contributed by atoms with E-state index in [-0.39, 0.29) is 0 Å². The molecule has 106 valence electrons. The third-order valence-corrected chi connectivity index (χ3v) is 5.25. The molecule has 0 aromatic rings. The number of aliphatic carboxylic acids is 2. The van der Waals surface area contributed by atoms with Crippen molar-refractivity contribution in [2.75, 3.05) is 0 Å². The largest absolute Gasteiger partial charge is 0.480 e. The van der Waals surface area contributed by atoms with Crippen molar-refractivity contribution in [1.29, 1.82) is 0 Å². The third-order valence-electron chi connectivity index (χ3n) is 3.13. The lowest BCUT2D eigenvalue weighted by Gasteiger charge is -2.50. The summed E-state index contributed by atoms with van der Waals surface area (Å²) < 4.78 is 0. The highest BCUT2D eigenvalue weighted by Crippen LogP contribution is 2.55. The summed E-state index contributed by atoms with van der Waals surface area (Å²) in [5.74, 6) is -2.88. The highest BCUT2D eigenvalue weighted by atomic mass is 35.5. The van der Waals surface area contributed by atoms with E-state index < -0.39 is 32.5 Å². The van der Waals surface area contributed by atoms with Crippen LogP contribution in [-0.2, 0) is 9.59 Å². The molecule has 6 heteroatoms. The monoisotopic (exact) mass is 298 g/mol. The van der Waals surface area contributed by atoms with Crippen molar-refractivity contribution >= 4 is 35.1 Å². The molecule has 0 saturated carbocycles. The van der Waals surface area contributed by atoms with E-state index in [1.165, 1.54) is 0 Å². The van der Waals surface area contributed by atoms with Crippen LogP contribution in [0.5, 0.6) is 0 Å². The Morgan fingerprint density at radius 3 is 0.944 bits per heavy atom. The first-order chi connectivity index (χ1) is 7.64. The van der Waals surface area contributed by atoms with Gasteiger partial charge in [0.25, 0.3) is 0 Å². The van der Waals surface area contributed by atoms with Crippen LogP contribution < -0.4 is 0 Å². The van der Waals surface area contributed by atoms with E-state index in [4.69, 9.17) is 23.2 Å². The Morgan fingerprint density at radius 1 is 0.722 bits per heavy atom. The van der Waals surface area contributed by atoms with Crippen LogP contribution in [0.15, 0.2) is 0 Å². The molecule has 2 unspecified atom stereocenters. The Balaban J connectivity index is 6.37. The molecule has 0 fully saturated rings. The normalized spacial score (nSPS) is 19.8. The zero-order valence-corrected chi connectivity index (χ0v) is 13.0. The van der Waals surface area contributed by atoms with E-state index in [0.717, 1.165) is 0 Å². The van der Waals surface area contributed by atoms with Gasteiger partial charge in [0.05, 0.1) is 0 Å². The maximum atomic E-state index is 11.6. The zero-order chi connectivity index (χ0) is 15.2. The van der Waals surface area contributed by atoms with Crippen molar-refractivity contribution in [2.45, 2.75) is 51.3 Å². The van der Waals surface area contributed by atoms with Gasteiger partial charge in [-0.25, -0.2) is 0 Å². The first-order valence-electron chi connectivity index (χ1n) is 5.48. The van der Waals surface area contributed by atoms with Gasteiger partial charge in [-0.3, -0.25) is 9.59 Å². The second kappa shape index (κ2) is 4.57. The topological polar surface area (TPSA) is 74.6 Å². The number of carbonyl (C=O) groups is 2. The average molecular weight is 299 g/mol. The number of carboxylic acid groups (broad SMARTS) is 2. The molecule has 0 spiro atoms. The Bertz CT molecular complexity index is 331. The Kier molecular flexibility index (Phi) is 4.44. The van der Waals surface area contributed by atoms with Gasteiger partial charge in [-0.1, -0.05) is 41.5 Å². The lowest BCUT2D eigenvalue weighted by molar-refractivity contribution is -0.157. The molecule has 0 heterocycles. The molecule has 0 aliphatic rings. The Morgan fingerprint density at radius 2 is 0.889 bits per heavy atom. The zero-order valence-electron chi connectivity index (χ0n) is 11.5. The molecule has 0 aromatic carbocycles. The smallest absolute Gasteiger partial charge is 0.327 e. The van der Waals surface area contributed by atoms with Gasteiger partial charge in [0.1, 0.15) is 0 Å². The summed E-state index contributed by atoms with van der Waals surface area (Å²) in [5.41, 5.74) is -2.10. The third kappa shape index (κ3) is 2.21. The Labute approximate surface area is 117 Å². The van der Waals surface area contributed by atoms with E-state index in [0.29, 0.717) is 0 Å². The quantitative estimate of drug-likeness (QED) is 0.785. The number of carboxylic acids is 2. The van der Waals surface area contributed by atoms with Gasteiger partial charge in [-0.2, -0.15) is 0 Å². The molecule has 0 aliphatic carbocycles. The molecule has 0 rings (SSSR count). The lowest BCUT2D eigenvalue weighted by Crippen LogP contribution is -2.68. The number of halogens is 2.